The zero-order valence-electron chi connectivity index (χ0n) is 16.8. The topological polar surface area (TPSA) is 42.0 Å². The van der Waals surface area contributed by atoms with Crippen LogP contribution in [-0.2, 0) is 14.9 Å². The molecule has 2 aliphatic heterocycles. The van der Waals surface area contributed by atoms with Gasteiger partial charge >= 0.3 is 5.97 Å². The van der Waals surface area contributed by atoms with Crippen LogP contribution in [-0.4, -0.2) is 57.3 Å². The third-order valence-electron chi connectivity index (χ3n) is 6.71. The fourth-order valence-electron chi connectivity index (χ4n) is 5.66. The van der Waals surface area contributed by atoms with Crippen LogP contribution in [0, 0.1) is 5.92 Å². The quantitative estimate of drug-likeness (QED) is 0.602. The van der Waals surface area contributed by atoms with E-state index in [1.807, 2.05) is 0 Å². The monoisotopic (exact) mass is 370 g/mol. The summed E-state index contributed by atoms with van der Waals surface area (Å²) in [6.07, 6.45) is 7.64. The lowest BCUT2D eigenvalue weighted by atomic mass is 9.60. The van der Waals surface area contributed by atoms with Crippen LogP contribution in [0.5, 0.6) is 5.75 Å². The third kappa shape index (κ3) is 2.92. The van der Waals surface area contributed by atoms with Crippen molar-refractivity contribution in [2.24, 2.45) is 5.92 Å². The molecule has 1 aromatic rings. The van der Waals surface area contributed by atoms with Gasteiger partial charge in [-0.1, -0.05) is 18.2 Å². The van der Waals surface area contributed by atoms with Gasteiger partial charge in [-0.05, 0) is 37.4 Å². The molecule has 2 heterocycles. The van der Waals surface area contributed by atoms with E-state index in [2.05, 4.69) is 54.2 Å². The molecule has 0 bridgehead atoms. The molecule has 146 valence electrons. The van der Waals surface area contributed by atoms with Gasteiger partial charge in [0.15, 0.2) is 0 Å². The van der Waals surface area contributed by atoms with E-state index in [1.165, 1.54) is 18.2 Å². The number of esters is 1. The molecule has 1 aliphatic carbocycles. The van der Waals surface area contributed by atoms with Crippen LogP contribution in [0.3, 0.4) is 0 Å². The zero-order chi connectivity index (χ0) is 19.2. The predicted molar refractivity (Wildman–Crippen MR) is 106 cm³/mol. The molecule has 0 aromatic heterocycles. The maximum atomic E-state index is 11.6. The molecule has 1 saturated heterocycles. The molecule has 4 atom stereocenters. The molecule has 0 N–H and O–H groups in total. The molecule has 0 spiro atoms. The summed E-state index contributed by atoms with van der Waals surface area (Å²) < 4.78 is 11.2. The van der Waals surface area contributed by atoms with Gasteiger partial charge in [0.2, 0.25) is 0 Å². The van der Waals surface area contributed by atoms with E-state index in [0.717, 1.165) is 38.1 Å². The fourth-order valence-corrected chi connectivity index (χ4v) is 5.66. The normalized spacial score (nSPS) is 32.1. The smallest absolute Gasteiger partial charge is 0.302 e. The van der Waals surface area contributed by atoms with E-state index in [0.29, 0.717) is 6.04 Å². The first-order valence-corrected chi connectivity index (χ1v) is 9.90. The molecule has 3 aliphatic rings. The zero-order valence-corrected chi connectivity index (χ0v) is 16.8. The van der Waals surface area contributed by atoms with Crippen LogP contribution in [0.2, 0.25) is 0 Å². The molecule has 5 heteroatoms. The minimum atomic E-state index is -0.172. The van der Waals surface area contributed by atoms with E-state index in [9.17, 15) is 4.79 Å². The summed E-state index contributed by atoms with van der Waals surface area (Å²) in [4.78, 5) is 16.4. The van der Waals surface area contributed by atoms with Crippen molar-refractivity contribution < 1.29 is 14.3 Å². The third-order valence-corrected chi connectivity index (χ3v) is 6.71. The maximum absolute atomic E-state index is 11.6. The maximum Gasteiger partial charge on any atom is 0.302 e. The minimum absolute atomic E-state index is 0.0150. The van der Waals surface area contributed by atoms with Crippen molar-refractivity contribution >= 4 is 11.7 Å². The lowest BCUT2D eigenvalue weighted by Gasteiger charge is -2.51. The van der Waals surface area contributed by atoms with Crippen molar-refractivity contribution in [3.8, 4) is 5.75 Å². The van der Waals surface area contributed by atoms with E-state index < -0.39 is 0 Å². The molecule has 1 aromatic carbocycles. The van der Waals surface area contributed by atoms with E-state index >= 15 is 0 Å². The number of anilines is 1. The van der Waals surface area contributed by atoms with Gasteiger partial charge in [-0.2, -0.15) is 0 Å². The molecular weight excluding hydrogens is 340 g/mol. The van der Waals surface area contributed by atoms with Gasteiger partial charge in [-0.3, -0.25) is 9.69 Å². The Kier molecular flexibility index (Phi) is 4.66. The van der Waals surface area contributed by atoms with Crippen molar-refractivity contribution in [3.05, 3.63) is 35.9 Å². The van der Waals surface area contributed by atoms with Gasteiger partial charge in [0.1, 0.15) is 11.9 Å². The number of benzene rings is 1. The first kappa shape index (κ1) is 18.4. The molecule has 2 fully saturated rings. The first-order valence-electron chi connectivity index (χ1n) is 9.90. The standard InChI is InChI=1S/C22H30N2O3/c1-15(25)27-20-9-10-22(11-13-24-12-5-6-17(20)21(22)24)18-8-7-16(26-4)14-19(18)23(2)3/h5-8,14,17,20-21H,9-13H2,1-4H3. The average Bonchev–Trinajstić information content (AvgIpc) is 3.04. The Morgan fingerprint density at radius 3 is 2.81 bits per heavy atom. The summed E-state index contributed by atoms with van der Waals surface area (Å²) in [5.74, 6) is 0.979. The lowest BCUT2D eigenvalue weighted by molar-refractivity contribution is -0.152. The SMILES string of the molecule is COc1ccc(C23CCC(OC(C)=O)C4C=CCN(CC2)C43)c(N(C)C)c1. The number of nitrogens with zero attached hydrogens (tertiary/aromatic N) is 2. The number of carbonyl (C=O) groups is 1. The van der Waals surface area contributed by atoms with Gasteiger partial charge in [-0.25, -0.2) is 0 Å². The summed E-state index contributed by atoms with van der Waals surface area (Å²) >= 11 is 0. The number of hydrogen-bond donors (Lipinski definition) is 0. The van der Waals surface area contributed by atoms with Crippen molar-refractivity contribution in [1.29, 1.82) is 0 Å². The Bertz CT molecular complexity index is 760. The molecule has 0 radical (unpaired) electrons. The lowest BCUT2D eigenvalue weighted by Crippen LogP contribution is -2.56. The number of methoxy groups -OCH3 is 1. The highest BCUT2D eigenvalue weighted by molar-refractivity contribution is 5.66. The number of ether oxygens (including phenoxy) is 2. The second-order valence-corrected chi connectivity index (χ2v) is 8.32. The van der Waals surface area contributed by atoms with Crippen LogP contribution in [0.1, 0.15) is 31.7 Å². The van der Waals surface area contributed by atoms with Crippen molar-refractivity contribution in [2.75, 3.05) is 39.2 Å². The van der Waals surface area contributed by atoms with Gasteiger partial charge in [0, 0.05) is 56.7 Å². The minimum Gasteiger partial charge on any atom is -0.497 e. The summed E-state index contributed by atoms with van der Waals surface area (Å²) in [5, 5.41) is 0. The van der Waals surface area contributed by atoms with E-state index in [1.54, 1.807) is 7.11 Å². The van der Waals surface area contributed by atoms with E-state index in [-0.39, 0.29) is 23.4 Å². The Hall–Kier alpha value is -2.01. The predicted octanol–water partition coefficient (Wildman–Crippen LogP) is 2.98. The van der Waals surface area contributed by atoms with Crippen molar-refractivity contribution in [2.45, 2.75) is 43.7 Å². The van der Waals surface area contributed by atoms with E-state index in [4.69, 9.17) is 9.47 Å². The molecule has 4 rings (SSSR count). The molecular formula is C22H30N2O3. The number of hydrogen-bond acceptors (Lipinski definition) is 5. The number of carbonyl (C=O) groups excluding carboxylic acids is 1. The van der Waals surface area contributed by atoms with Gasteiger partial charge in [0.05, 0.1) is 7.11 Å². The Balaban J connectivity index is 1.79. The van der Waals surface area contributed by atoms with Gasteiger partial charge in [0.25, 0.3) is 0 Å². The largest absolute Gasteiger partial charge is 0.497 e. The fraction of sp³-hybridized carbons (Fsp3) is 0.591. The molecule has 4 unspecified atom stereocenters. The van der Waals surface area contributed by atoms with Gasteiger partial charge in [-0.15, -0.1) is 0 Å². The second-order valence-electron chi connectivity index (χ2n) is 8.32. The second kappa shape index (κ2) is 6.86. The summed E-state index contributed by atoms with van der Waals surface area (Å²) in [6, 6.07) is 6.89. The van der Waals surface area contributed by atoms with Crippen LogP contribution < -0.4 is 9.64 Å². The van der Waals surface area contributed by atoms with Crippen LogP contribution in [0.25, 0.3) is 0 Å². The molecule has 1 saturated carbocycles. The van der Waals surface area contributed by atoms with Crippen LogP contribution >= 0.6 is 0 Å². The van der Waals surface area contributed by atoms with Crippen LogP contribution in [0.4, 0.5) is 5.69 Å². The Labute approximate surface area is 161 Å². The summed E-state index contributed by atoms with van der Waals surface area (Å²) in [7, 11) is 5.92. The van der Waals surface area contributed by atoms with Gasteiger partial charge < -0.3 is 14.4 Å². The summed E-state index contributed by atoms with van der Waals surface area (Å²) in [6.45, 7) is 3.61. The molecule has 5 nitrogen and oxygen atoms in total. The highest BCUT2D eigenvalue weighted by Crippen LogP contribution is 2.55. The van der Waals surface area contributed by atoms with Crippen LogP contribution in [0.15, 0.2) is 30.4 Å². The summed E-state index contributed by atoms with van der Waals surface area (Å²) in [5.41, 5.74) is 2.73. The molecule has 0 amide bonds. The Morgan fingerprint density at radius 2 is 2.11 bits per heavy atom. The highest BCUT2D eigenvalue weighted by Gasteiger charge is 2.57. The van der Waals surface area contributed by atoms with Crippen molar-refractivity contribution in [1.82, 2.24) is 4.90 Å². The Morgan fingerprint density at radius 1 is 1.30 bits per heavy atom. The molecule has 27 heavy (non-hydrogen) atoms. The van der Waals surface area contributed by atoms with Crippen molar-refractivity contribution in [3.63, 3.8) is 0 Å². The first-order chi connectivity index (χ1) is 13.0. The average molecular weight is 370 g/mol. The highest BCUT2D eigenvalue weighted by atomic mass is 16.5. The number of rotatable bonds is 4.